The third-order valence-electron chi connectivity index (χ3n) is 4.01. The standard InChI is InChI=1S/C12H20N4O3S2/c1-14(2)21(17,18)16-6-7-19-12(10-16)3-5-15(9-12)11-13-4-8-20-11/h4,8H,3,5-7,9-10H2,1-2H3. The molecule has 0 bridgehead atoms. The summed E-state index contributed by atoms with van der Waals surface area (Å²) in [5, 5.41) is 2.92. The molecule has 118 valence electrons. The van der Waals surface area contributed by atoms with E-state index in [1.165, 1.54) is 8.61 Å². The summed E-state index contributed by atoms with van der Waals surface area (Å²) in [5.41, 5.74) is -0.410. The van der Waals surface area contributed by atoms with Gasteiger partial charge in [0.05, 0.1) is 13.2 Å². The molecule has 1 aromatic heterocycles. The van der Waals surface area contributed by atoms with Gasteiger partial charge in [0.1, 0.15) is 5.60 Å². The molecule has 0 aliphatic carbocycles. The van der Waals surface area contributed by atoms with Crippen molar-refractivity contribution in [1.29, 1.82) is 0 Å². The number of ether oxygens (including phenoxy) is 1. The van der Waals surface area contributed by atoms with E-state index in [1.54, 1.807) is 31.6 Å². The smallest absolute Gasteiger partial charge is 0.281 e. The maximum absolute atomic E-state index is 12.3. The molecule has 1 unspecified atom stereocenters. The van der Waals surface area contributed by atoms with Gasteiger partial charge in [-0.1, -0.05) is 0 Å². The summed E-state index contributed by atoms with van der Waals surface area (Å²) in [6, 6.07) is 0. The van der Waals surface area contributed by atoms with Crippen molar-refractivity contribution in [3.63, 3.8) is 0 Å². The summed E-state index contributed by atoms with van der Waals surface area (Å²) in [5.74, 6) is 0. The maximum Gasteiger partial charge on any atom is 0.281 e. The summed E-state index contributed by atoms with van der Waals surface area (Å²) < 4.78 is 33.4. The van der Waals surface area contributed by atoms with Gasteiger partial charge in [-0.05, 0) is 6.42 Å². The second-order valence-corrected chi connectivity index (χ2v) is 8.66. The quantitative estimate of drug-likeness (QED) is 0.793. The minimum absolute atomic E-state index is 0.410. The van der Waals surface area contributed by atoms with Gasteiger partial charge in [0.25, 0.3) is 10.2 Å². The van der Waals surface area contributed by atoms with Crippen LogP contribution in [0.4, 0.5) is 5.13 Å². The normalized spacial score (nSPS) is 27.9. The monoisotopic (exact) mass is 332 g/mol. The second-order valence-electron chi connectivity index (χ2n) is 5.64. The van der Waals surface area contributed by atoms with Gasteiger partial charge in [0.2, 0.25) is 0 Å². The molecule has 2 aliphatic rings. The number of nitrogens with zero attached hydrogens (tertiary/aromatic N) is 4. The third-order valence-corrected chi connectivity index (χ3v) is 6.73. The molecule has 1 spiro atoms. The molecule has 1 aromatic rings. The van der Waals surface area contributed by atoms with Crippen LogP contribution in [0.1, 0.15) is 6.42 Å². The van der Waals surface area contributed by atoms with Crippen LogP contribution in [-0.4, -0.2) is 74.5 Å². The Bertz CT molecular complexity index is 590. The van der Waals surface area contributed by atoms with Gasteiger partial charge in [-0.15, -0.1) is 11.3 Å². The number of thiazole rings is 1. The molecule has 2 aliphatic heterocycles. The van der Waals surface area contributed by atoms with Crippen LogP contribution in [0.25, 0.3) is 0 Å². The van der Waals surface area contributed by atoms with Crippen LogP contribution in [0.15, 0.2) is 11.6 Å². The van der Waals surface area contributed by atoms with E-state index in [0.717, 1.165) is 18.1 Å². The van der Waals surface area contributed by atoms with Crippen molar-refractivity contribution in [1.82, 2.24) is 13.6 Å². The molecule has 0 saturated carbocycles. The van der Waals surface area contributed by atoms with Crippen molar-refractivity contribution in [2.24, 2.45) is 0 Å². The highest BCUT2D eigenvalue weighted by molar-refractivity contribution is 7.86. The number of hydrogen-bond donors (Lipinski definition) is 0. The molecule has 1 atom stereocenters. The van der Waals surface area contributed by atoms with Gasteiger partial charge >= 0.3 is 0 Å². The average molecular weight is 332 g/mol. The predicted molar refractivity (Wildman–Crippen MR) is 81.8 cm³/mol. The van der Waals surface area contributed by atoms with Crippen molar-refractivity contribution in [3.05, 3.63) is 11.6 Å². The molecule has 21 heavy (non-hydrogen) atoms. The van der Waals surface area contributed by atoms with Crippen molar-refractivity contribution in [3.8, 4) is 0 Å². The first kappa shape index (κ1) is 15.2. The van der Waals surface area contributed by atoms with Crippen LogP contribution >= 0.6 is 11.3 Å². The number of hydrogen-bond acceptors (Lipinski definition) is 6. The number of rotatable bonds is 3. The van der Waals surface area contributed by atoms with Crippen molar-refractivity contribution in [2.75, 3.05) is 51.8 Å². The number of morpholine rings is 1. The van der Waals surface area contributed by atoms with Gasteiger partial charge in [0, 0.05) is 45.3 Å². The lowest BCUT2D eigenvalue weighted by Crippen LogP contribution is -2.56. The first-order valence-corrected chi connectivity index (χ1v) is 9.17. The highest BCUT2D eigenvalue weighted by Gasteiger charge is 2.46. The SMILES string of the molecule is CN(C)S(=O)(=O)N1CCOC2(CCN(c3nccs3)C2)C1. The van der Waals surface area contributed by atoms with Gasteiger partial charge in [-0.2, -0.15) is 17.0 Å². The van der Waals surface area contributed by atoms with E-state index < -0.39 is 15.8 Å². The first-order chi connectivity index (χ1) is 9.93. The molecule has 2 fully saturated rings. The van der Waals surface area contributed by atoms with Crippen LogP contribution in [-0.2, 0) is 14.9 Å². The van der Waals surface area contributed by atoms with Gasteiger partial charge < -0.3 is 9.64 Å². The molecular weight excluding hydrogens is 312 g/mol. The molecular formula is C12H20N4O3S2. The molecule has 2 saturated heterocycles. The molecule has 9 heteroatoms. The summed E-state index contributed by atoms with van der Waals surface area (Å²) in [4.78, 5) is 6.50. The van der Waals surface area contributed by atoms with Gasteiger partial charge in [-0.25, -0.2) is 4.98 Å². The predicted octanol–water partition coefficient (Wildman–Crippen LogP) is 0.231. The minimum Gasteiger partial charge on any atom is -0.370 e. The Morgan fingerprint density at radius 3 is 2.86 bits per heavy atom. The fourth-order valence-corrected chi connectivity index (χ4v) is 4.70. The van der Waals surface area contributed by atoms with Crippen molar-refractivity contribution >= 4 is 26.7 Å². The van der Waals surface area contributed by atoms with Crippen LogP contribution in [0.3, 0.4) is 0 Å². The Hall–Kier alpha value is -0.740. The number of aromatic nitrogens is 1. The zero-order valence-corrected chi connectivity index (χ0v) is 13.9. The topological polar surface area (TPSA) is 66.0 Å². The van der Waals surface area contributed by atoms with E-state index in [2.05, 4.69) is 9.88 Å². The highest BCUT2D eigenvalue weighted by atomic mass is 32.2. The van der Waals surface area contributed by atoms with Crippen molar-refractivity contribution in [2.45, 2.75) is 12.0 Å². The van der Waals surface area contributed by atoms with E-state index in [-0.39, 0.29) is 0 Å². The van der Waals surface area contributed by atoms with Crippen LogP contribution in [0.5, 0.6) is 0 Å². The van der Waals surface area contributed by atoms with E-state index in [4.69, 9.17) is 4.74 Å². The fourth-order valence-electron chi connectivity index (χ4n) is 2.86. The van der Waals surface area contributed by atoms with E-state index >= 15 is 0 Å². The lowest BCUT2D eigenvalue weighted by Gasteiger charge is -2.40. The summed E-state index contributed by atoms with van der Waals surface area (Å²) in [6.07, 6.45) is 2.61. The van der Waals surface area contributed by atoms with Gasteiger partial charge in [0.15, 0.2) is 5.13 Å². The third kappa shape index (κ3) is 2.80. The zero-order valence-electron chi connectivity index (χ0n) is 12.2. The lowest BCUT2D eigenvalue weighted by molar-refractivity contribution is -0.0751. The highest BCUT2D eigenvalue weighted by Crippen LogP contribution is 2.34. The fraction of sp³-hybridized carbons (Fsp3) is 0.750. The van der Waals surface area contributed by atoms with E-state index in [9.17, 15) is 8.42 Å². The molecule has 0 N–H and O–H groups in total. The molecule has 0 amide bonds. The summed E-state index contributed by atoms with van der Waals surface area (Å²) in [7, 11) is -0.253. The second kappa shape index (κ2) is 5.47. The Labute approximate surface area is 129 Å². The largest absolute Gasteiger partial charge is 0.370 e. The molecule has 3 rings (SSSR count). The molecule has 7 nitrogen and oxygen atoms in total. The Kier molecular flexibility index (Phi) is 3.95. The minimum atomic E-state index is -3.38. The first-order valence-electron chi connectivity index (χ1n) is 6.89. The Balaban J connectivity index is 1.75. The lowest BCUT2D eigenvalue weighted by atomic mass is 10.0. The maximum atomic E-state index is 12.3. The summed E-state index contributed by atoms with van der Waals surface area (Å²) >= 11 is 1.60. The molecule has 0 aromatic carbocycles. The van der Waals surface area contributed by atoms with Crippen LogP contribution < -0.4 is 4.90 Å². The Morgan fingerprint density at radius 2 is 2.19 bits per heavy atom. The van der Waals surface area contributed by atoms with Crippen molar-refractivity contribution < 1.29 is 13.2 Å². The zero-order chi connectivity index (χ0) is 15.1. The molecule has 3 heterocycles. The number of anilines is 1. The Morgan fingerprint density at radius 1 is 1.38 bits per heavy atom. The van der Waals surface area contributed by atoms with Gasteiger partial charge in [-0.3, -0.25) is 0 Å². The molecule has 0 radical (unpaired) electrons. The van der Waals surface area contributed by atoms with E-state index in [1.807, 2.05) is 5.38 Å². The van der Waals surface area contributed by atoms with Crippen LogP contribution in [0, 0.1) is 0 Å². The summed E-state index contributed by atoms with van der Waals surface area (Å²) in [6.45, 7) is 2.82. The van der Waals surface area contributed by atoms with Crippen LogP contribution in [0.2, 0.25) is 0 Å². The average Bonchev–Trinajstić information content (AvgIpc) is 3.08. The van der Waals surface area contributed by atoms with E-state index in [0.29, 0.717) is 26.2 Å².